The second kappa shape index (κ2) is 9.84. The number of nitrogens with one attached hydrogen (secondary N) is 2. The van der Waals surface area contributed by atoms with Crippen LogP contribution in [-0.2, 0) is 28.9 Å². The van der Waals surface area contributed by atoms with Crippen LogP contribution in [0.2, 0.25) is 0 Å². The first-order valence-corrected chi connectivity index (χ1v) is 11.8. The van der Waals surface area contributed by atoms with Gasteiger partial charge in [0.15, 0.2) is 0 Å². The van der Waals surface area contributed by atoms with E-state index in [9.17, 15) is 13.2 Å². The van der Waals surface area contributed by atoms with Crippen molar-refractivity contribution >= 4 is 27.3 Å². The highest BCUT2D eigenvalue weighted by molar-refractivity contribution is 7.88. The number of aryl methyl sites for hydroxylation is 1. The molecule has 0 aliphatic heterocycles. The Balaban J connectivity index is 1.54. The number of ether oxygens (including phenoxy) is 1. The molecule has 0 unspecified atom stereocenters. The molecule has 0 fully saturated rings. The molecule has 0 atom stereocenters. The van der Waals surface area contributed by atoms with Gasteiger partial charge in [-0.1, -0.05) is 30.3 Å². The van der Waals surface area contributed by atoms with Crippen molar-refractivity contribution in [2.45, 2.75) is 25.8 Å². The zero-order chi connectivity index (χ0) is 21.6. The molecule has 0 aliphatic carbocycles. The maximum Gasteiger partial charge on any atom is 0.251 e. The second-order valence-corrected chi connectivity index (χ2v) is 9.63. The number of carbonyl (C=O) groups is 1. The molecule has 3 aromatic rings. The Labute approximate surface area is 180 Å². The molecule has 158 valence electrons. The number of thiazole rings is 1. The fourth-order valence-corrected chi connectivity index (χ4v) is 4.06. The molecular formula is C21H23N3O4S2. The average molecular weight is 446 g/mol. The lowest BCUT2D eigenvalue weighted by molar-refractivity contribution is 0.0950. The van der Waals surface area contributed by atoms with Gasteiger partial charge in [-0.05, 0) is 43.3 Å². The molecule has 9 heteroatoms. The average Bonchev–Trinajstić information content (AvgIpc) is 3.16. The third-order valence-electron chi connectivity index (χ3n) is 4.29. The summed E-state index contributed by atoms with van der Waals surface area (Å²) in [5, 5.41) is 5.80. The molecular weight excluding hydrogens is 422 g/mol. The highest BCUT2D eigenvalue weighted by Gasteiger charge is 2.10. The van der Waals surface area contributed by atoms with Crippen LogP contribution in [0.5, 0.6) is 5.75 Å². The van der Waals surface area contributed by atoms with Crippen LogP contribution in [0.3, 0.4) is 0 Å². The first kappa shape index (κ1) is 21.9. The van der Waals surface area contributed by atoms with E-state index in [0.29, 0.717) is 30.0 Å². The highest BCUT2D eigenvalue weighted by Crippen LogP contribution is 2.16. The van der Waals surface area contributed by atoms with Gasteiger partial charge in [0.1, 0.15) is 12.4 Å². The van der Waals surface area contributed by atoms with Crippen LogP contribution in [0, 0.1) is 6.92 Å². The predicted molar refractivity (Wildman–Crippen MR) is 117 cm³/mol. The normalized spacial score (nSPS) is 11.3. The lowest BCUT2D eigenvalue weighted by atomic mass is 10.1. The SMILES string of the molecule is CNS(=O)(=O)Cc1ccc(CNC(=O)c2cccc(OCc3csc(C)n3)c2)cc1. The van der Waals surface area contributed by atoms with E-state index in [1.165, 1.54) is 7.05 Å². The van der Waals surface area contributed by atoms with Gasteiger partial charge in [0.25, 0.3) is 5.91 Å². The molecule has 3 rings (SSSR count). The van der Waals surface area contributed by atoms with Gasteiger partial charge in [0.05, 0.1) is 16.5 Å². The molecule has 0 bridgehead atoms. The third kappa shape index (κ3) is 6.38. The molecule has 0 spiro atoms. The first-order chi connectivity index (χ1) is 14.3. The summed E-state index contributed by atoms with van der Waals surface area (Å²) >= 11 is 1.57. The van der Waals surface area contributed by atoms with Crippen LogP contribution in [0.1, 0.15) is 32.2 Å². The Hall–Kier alpha value is -2.75. The van der Waals surface area contributed by atoms with Gasteiger partial charge in [-0.2, -0.15) is 0 Å². The summed E-state index contributed by atoms with van der Waals surface area (Å²) in [4.78, 5) is 16.8. The van der Waals surface area contributed by atoms with Gasteiger partial charge in [-0.25, -0.2) is 18.1 Å². The molecule has 0 radical (unpaired) electrons. The second-order valence-electron chi connectivity index (χ2n) is 6.64. The summed E-state index contributed by atoms with van der Waals surface area (Å²) in [6.07, 6.45) is 0. The van der Waals surface area contributed by atoms with E-state index in [4.69, 9.17) is 4.74 Å². The maximum atomic E-state index is 12.5. The van der Waals surface area contributed by atoms with Gasteiger partial charge in [0.2, 0.25) is 10.0 Å². The van der Waals surface area contributed by atoms with Gasteiger partial charge in [0, 0.05) is 17.5 Å². The van der Waals surface area contributed by atoms with Crippen LogP contribution in [0.25, 0.3) is 0 Å². The largest absolute Gasteiger partial charge is 0.487 e. The maximum absolute atomic E-state index is 12.5. The monoisotopic (exact) mass is 445 g/mol. The fourth-order valence-electron chi connectivity index (χ4n) is 2.69. The van der Waals surface area contributed by atoms with Crippen molar-refractivity contribution in [2.75, 3.05) is 7.05 Å². The van der Waals surface area contributed by atoms with Crippen molar-refractivity contribution < 1.29 is 17.9 Å². The number of carbonyl (C=O) groups excluding carboxylic acids is 1. The van der Waals surface area contributed by atoms with Crippen molar-refractivity contribution in [3.8, 4) is 5.75 Å². The number of hydrogen-bond acceptors (Lipinski definition) is 6. The van der Waals surface area contributed by atoms with E-state index in [0.717, 1.165) is 16.3 Å². The summed E-state index contributed by atoms with van der Waals surface area (Å²) < 4.78 is 31.2. The lowest BCUT2D eigenvalue weighted by Gasteiger charge is -2.09. The third-order valence-corrected chi connectivity index (χ3v) is 6.45. The number of aromatic nitrogens is 1. The molecule has 2 aromatic carbocycles. The Bertz CT molecular complexity index is 1110. The van der Waals surface area contributed by atoms with Crippen LogP contribution >= 0.6 is 11.3 Å². The predicted octanol–water partition coefficient (Wildman–Crippen LogP) is 3.01. The molecule has 7 nitrogen and oxygen atoms in total. The van der Waals surface area contributed by atoms with Crippen molar-refractivity contribution in [3.63, 3.8) is 0 Å². The van der Waals surface area contributed by atoms with Crippen molar-refractivity contribution in [1.29, 1.82) is 0 Å². The van der Waals surface area contributed by atoms with Crippen LogP contribution in [0.4, 0.5) is 0 Å². The number of sulfonamides is 1. The van der Waals surface area contributed by atoms with Crippen molar-refractivity contribution in [3.05, 3.63) is 81.3 Å². The van der Waals surface area contributed by atoms with E-state index in [1.807, 2.05) is 12.3 Å². The Kier molecular flexibility index (Phi) is 7.20. The summed E-state index contributed by atoms with van der Waals surface area (Å²) in [6.45, 7) is 2.63. The number of nitrogens with zero attached hydrogens (tertiary/aromatic N) is 1. The van der Waals surface area contributed by atoms with Crippen LogP contribution in [-0.4, -0.2) is 26.4 Å². The van der Waals surface area contributed by atoms with Crippen molar-refractivity contribution in [2.24, 2.45) is 0 Å². The fraction of sp³-hybridized carbons (Fsp3) is 0.238. The smallest absolute Gasteiger partial charge is 0.251 e. The topological polar surface area (TPSA) is 97.4 Å². The Morgan fingerprint density at radius 2 is 1.87 bits per heavy atom. The highest BCUT2D eigenvalue weighted by atomic mass is 32.2. The number of benzene rings is 2. The zero-order valence-corrected chi connectivity index (χ0v) is 18.3. The molecule has 30 heavy (non-hydrogen) atoms. The molecule has 0 saturated carbocycles. The minimum atomic E-state index is -3.31. The lowest BCUT2D eigenvalue weighted by Crippen LogP contribution is -2.23. The standard InChI is InChI=1S/C21H23N3O4S2/c1-15-24-19(13-29-15)12-28-20-5-3-4-18(10-20)21(25)23-11-16-6-8-17(9-7-16)14-30(26,27)22-2/h3-10,13,22H,11-12,14H2,1-2H3,(H,23,25). The molecule has 2 N–H and O–H groups in total. The summed E-state index contributed by atoms with van der Waals surface area (Å²) in [5.74, 6) is 0.304. The summed E-state index contributed by atoms with van der Waals surface area (Å²) in [7, 11) is -1.92. The molecule has 1 aromatic heterocycles. The molecule has 0 aliphatic rings. The summed E-state index contributed by atoms with van der Waals surface area (Å²) in [5.41, 5.74) is 2.91. The number of hydrogen-bond donors (Lipinski definition) is 2. The van der Waals surface area contributed by atoms with E-state index < -0.39 is 10.0 Å². The van der Waals surface area contributed by atoms with E-state index in [1.54, 1.807) is 59.9 Å². The van der Waals surface area contributed by atoms with Crippen molar-refractivity contribution in [1.82, 2.24) is 15.0 Å². The summed E-state index contributed by atoms with van der Waals surface area (Å²) in [6, 6.07) is 14.1. The first-order valence-electron chi connectivity index (χ1n) is 9.26. The Morgan fingerprint density at radius 3 is 2.53 bits per heavy atom. The van der Waals surface area contributed by atoms with Gasteiger partial charge in [-0.3, -0.25) is 4.79 Å². The quantitative estimate of drug-likeness (QED) is 0.528. The molecule has 1 heterocycles. The Morgan fingerprint density at radius 1 is 1.13 bits per heavy atom. The van der Waals surface area contributed by atoms with Crippen LogP contribution in [0.15, 0.2) is 53.9 Å². The zero-order valence-electron chi connectivity index (χ0n) is 16.7. The van der Waals surface area contributed by atoms with Gasteiger partial charge in [-0.15, -0.1) is 11.3 Å². The van der Waals surface area contributed by atoms with Crippen LogP contribution < -0.4 is 14.8 Å². The minimum Gasteiger partial charge on any atom is -0.487 e. The minimum absolute atomic E-state index is 0.0800. The molecule has 1 amide bonds. The number of rotatable bonds is 9. The van der Waals surface area contributed by atoms with Gasteiger partial charge < -0.3 is 10.1 Å². The van der Waals surface area contributed by atoms with E-state index in [2.05, 4.69) is 15.0 Å². The molecule has 0 saturated heterocycles. The van der Waals surface area contributed by atoms with E-state index >= 15 is 0 Å². The van der Waals surface area contributed by atoms with Gasteiger partial charge >= 0.3 is 0 Å². The van der Waals surface area contributed by atoms with E-state index in [-0.39, 0.29) is 11.7 Å². The number of amides is 1.